The second-order valence-corrected chi connectivity index (χ2v) is 8.41. The molecule has 0 radical (unpaired) electrons. The summed E-state index contributed by atoms with van der Waals surface area (Å²) in [4.78, 5) is 19.0. The molecule has 176 valence electrons. The second-order valence-electron chi connectivity index (χ2n) is 8.41. The fourth-order valence-corrected chi connectivity index (χ4v) is 4.46. The normalized spacial score (nSPS) is 18.6. The van der Waals surface area contributed by atoms with Crippen molar-refractivity contribution in [3.63, 3.8) is 0 Å². The van der Waals surface area contributed by atoms with Gasteiger partial charge in [-0.1, -0.05) is 12.1 Å². The summed E-state index contributed by atoms with van der Waals surface area (Å²) in [6, 6.07) is 5.48. The number of carbonyl (C=O) groups excluding carboxylic acids is 1. The molecule has 3 aromatic rings. The molecule has 1 unspecified atom stereocenters. The van der Waals surface area contributed by atoms with E-state index in [1.54, 1.807) is 12.3 Å². The number of anilines is 1. The number of tetrazole rings is 1. The maximum Gasteiger partial charge on any atom is 0.239 e. The maximum atomic E-state index is 14.4. The minimum atomic E-state index is -1.06. The predicted molar refractivity (Wildman–Crippen MR) is 122 cm³/mol. The smallest absolute Gasteiger partial charge is 0.239 e. The van der Waals surface area contributed by atoms with Gasteiger partial charge in [0.15, 0.2) is 17.5 Å². The van der Waals surface area contributed by atoms with Crippen molar-refractivity contribution in [3.05, 3.63) is 53.7 Å². The van der Waals surface area contributed by atoms with Gasteiger partial charge in [0.2, 0.25) is 5.91 Å². The molecule has 4 heterocycles. The molecule has 0 saturated carbocycles. The van der Waals surface area contributed by atoms with E-state index in [0.717, 1.165) is 54.1 Å². The lowest BCUT2D eigenvalue weighted by atomic mass is 10.0. The van der Waals surface area contributed by atoms with E-state index < -0.39 is 11.6 Å². The molecule has 34 heavy (non-hydrogen) atoms. The van der Waals surface area contributed by atoms with Crippen molar-refractivity contribution in [3.8, 4) is 17.1 Å². The van der Waals surface area contributed by atoms with E-state index in [9.17, 15) is 13.6 Å². The SMILES string of the molecule is Nc1ncc(C2=CCN(C(=O)C3CCCN3)CCC2)cc1-c1nnnn1-c1cccc(F)c1F. The third kappa shape index (κ3) is 4.14. The lowest BCUT2D eigenvalue weighted by molar-refractivity contribution is -0.132. The first kappa shape index (κ1) is 22.1. The van der Waals surface area contributed by atoms with Crippen LogP contribution in [-0.2, 0) is 4.79 Å². The molecule has 1 atom stereocenters. The minimum absolute atomic E-state index is 0.0955. The van der Waals surface area contributed by atoms with Gasteiger partial charge in [0, 0.05) is 19.3 Å². The number of benzene rings is 1. The summed E-state index contributed by atoms with van der Waals surface area (Å²) in [7, 11) is 0. The van der Waals surface area contributed by atoms with Crippen LogP contribution in [0.1, 0.15) is 31.2 Å². The Morgan fingerprint density at radius 2 is 2.12 bits per heavy atom. The third-order valence-electron chi connectivity index (χ3n) is 6.26. The molecule has 0 spiro atoms. The third-order valence-corrected chi connectivity index (χ3v) is 6.26. The van der Waals surface area contributed by atoms with Crippen LogP contribution in [0, 0.1) is 11.6 Å². The van der Waals surface area contributed by atoms with E-state index in [2.05, 4.69) is 25.8 Å². The van der Waals surface area contributed by atoms with Gasteiger partial charge in [0.1, 0.15) is 11.5 Å². The Kier molecular flexibility index (Phi) is 6.01. The Bertz CT molecular complexity index is 1250. The Balaban J connectivity index is 1.45. The van der Waals surface area contributed by atoms with E-state index in [4.69, 9.17) is 5.73 Å². The average Bonchev–Trinajstić information content (AvgIpc) is 3.49. The van der Waals surface area contributed by atoms with Crippen molar-refractivity contribution in [2.45, 2.75) is 31.7 Å². The number of pyridine rings is 1. The monoisotopic (exact) mass is 466 g/mol. The van der Waals surface area contributed by atoms with E-state index in [-0.39, 0.29) is 29.3 Å². The zero-order valence-corrected chi connectivity index (χ0v) is 18.4. The highest BCUT2D eigenvalue weighted by Crippen LogP contribution is 2.30. The molecule has 0 aliphatic carbocycles. The summed E-state index contributed by atoms with van der Waals surface area (Å²) in [5.74, 6) is -1.62. The molecule has 1 amide bonds. The van der Waals surface area contributed by atoms with Gasteiger partial charge < -0.3 is 16.0 Å². The van der Waals surface area contributed by atoms with Crippen molar-refractivity contribution < 1.29 is 13.6 Å². The summed E-state index contributed by atoms with van der Waals surface area (Å²) in [5, 5.41) is 14.7. The van der Waals surface area contributed by atoms with Crippen LogP contribution in [0.5, 0.6) is 0 Å². The summed E-state index contributed by atoms with van der Waals surface area (Å²) in [6.45, 7) is 2.08. The zero-order chi connectivity index (χ0) is 23.7. The van der Waals surface area contributed by atoms with Crippen molar-refractivity contribution in [1.29, 1.82) is 0 Å². The van der Waals surface area contributed by atoms with Gasteiger partial charge in [-0.05, 0) is 72.0 Å². The van der Waals surface area contributed by atoms with Crippen LogP contribution in [0.2, 0.25) is 0 Å². The molecule has 1 fully saturated rings. The number of rotatable bonds is 4. The number of hydrogen-bond donors (Lipinski definition) is 2. The number of hydrogen-bond acceptors (Lipinski definition) is 7. The van der Waals surface area contributed by atoms with Crippen LogP contribution < -0.4 is 11.1 Å². The Morgan fingerprint density at radius 3 is 2.94 bits per heavy atom. The summed E-state index contributed by atoms with van der Waals surface area (Å²) >= 11 is 0. The number of nitrogens with zero attached hydrogens (tertiary/aromatic N) is 6. The van der Waals surface area contributed by atoms with Crippen LogP contribution in [0.25, 0.3) is 22.6 Å². The molecule has 2 aliphatic heterocycles. The van der Waals surface area contributed by atoms with Gasteiger partial charge in [-0.15, -0.1) is 5.10 Å². The van der Waals surface area contributed by atoms with Gasteiger partial charge in [0.25, 0.3) is 0 Å². The molecule has 0 bridgehead atoms. The molecule has 11 heteroatoms. The topological polar surface area (TPSA) is 115 Å². The fraction of sp³-hybridized carbons (Fsp3) is 0.348. The van der Waals surface area contributed by atoms with E-state index in [1.165, 1.54) is 12.1 Å². The fourth-order valence-electron chi connectivity index (χ4n) is 4.46. The number of allylic oxidation sites excluding steroid dienone is 1. The van der Waals surface area contributed by atoms with Gasteiger partial charge in [-0.3, -0.25) is 4.79 Å². The Morgan fingerprint density at radius 1 is 1.24 bits per heavy atom. The standard InChI is InChI=1S/C23H24F2N8O/c24-17-5-1-7-19(20(17)25)33-22(29-30-31-33)16-12-15(13-28-21(16)26)14-4-3-10-32(11-8-14)23(34)18-6-2-9-27-18/h1,5,7-8,12-13,18,27H,2-4,6,9-11H2,(H2,26,28). The largest absolute Gasteiger partial charge is 0.383 e. The first-order chi connectivity index (χ1) is 16.5. The Labute approximate surface area is 194 Å². The molecule has 5 rings (SSSR count). The predicted octanol–water partition coefficient (Wildman–Crippen LogP) is 2.34. The molecular weight excluding hydrogens is 442 g/mol. The van der Waals surface area contributed by atoms with Gasteiger partial charge in [-0.25, -0.2) is 13.8 Å². The number of halogens is 2. The lowest BCUT2D eigenvalue weighted by Gasteiger charge is -2.23. The number of nitrogens with one attached hydrogen (secondary N) is 1. The molecule has 1 saturated heterocycles. The van der Waals surface area contributed by atoms with Crippen LogP contribution in [0.3, 0.4) is 0 Å². The van der Waals surface area contributed by atoms with Crippen molar-refractivity contribution >= 4 is 17.3 Å². The van der Waals surface area contributed by atoms with E-state index in [0.29, 0.717) is 18.7 Å². The zero-order valence-electron chi connectivity index (χ0n) is 18.4. The van der Waals surface area contributed by atoms with Crippen molar-refractivity contribution in [1.82, 2.24) is 35.4 Å². The number of nitrogen functional groups attached to an aromatic ring is 1. The Hall–Kier alpha value is -3.73. The van der Waals surface area contributed by atoms with Gasteiger partial charge >= 0.3 is 0 Å². The molecule has 1 aromatic carbocycles. The summed E-state index contributed by atoms with van der Waals surface area (Å²) < 4.78 is 29.3. The molecule has 3 N–H and O–H groups in total. The number of carbonyl (C=O) groups is 1. The minimum Gasteiger partial charge on any atom is -0.383 e. The maximum absolute atomic E-state index is 14.4. The average molecular weight is 466 g/mol. The highest BCUT2D eigenvalue weighted by atomic mass is 19.2. The summed E-state index contributed by atoms with van der Waals surface area (Å²) in [5.41, 5.74) is 8.23. The van der Waals surface area contributed by atoms with Crippen LogP contribution in [-0.4, -0.2) is 61.7 Å². The van der Waals surface area contributed by atoms with E-state index >= 15 is 0 Å². The molecule has 9 nitrogen and oxygen atoms in total. The molecule has 2 aliphatic rings. The second kappa shape index (κ2) is 9.26. The van der Waals surface area contributed by atoms with Gasteiger partial charge in [-0.2, -0.15) is 4.68 Å². The first-order valence-electron chi connectivity index (χ1n) is 11.2. The first-order valence-corrected chi connectivity index (χ1v) is 11.2. The molecule has 2 aromatic heterocycles. The molecular formula is C23H24F2N8O. The van der Waals surface area contributed by atoms with Crippen LogP contribution >= 0.6 is 0 Å². The van der Waals surface area contributed by atoms with Gasteiger partial charge in [0.05, 0.1) is 11.6 Å². The van der Waals surface area contributed by atoms with E-state index in [1.807, 2.05) is 11.0 Å². The van der Waals surface area contributed by atoms with Crippen molar-refractivity contribution in [2.24, 2.45) is 0 Å². The van der Waals surface area contributed by atoms with Crippen LogP contribution in [0.15, 0.2) is 36.5 Å². The highest BCUT2D eigenvalue weighted by molar-refractivity contribution is 5.83. The highest BCUT2D eigenvalue weighted by Gasteiger charge is 2.27. The number of nitrogens with two attached hydrogens (primary N) is 1. The number of amides is 1. The van der Waals surface area contributed by atoms with Crippen molar-refractivity contribution in [2.75, 3.05) is 25.4 Å². The lowest BCUT2D eigenvalue weighted by Crippen LogP contribution is -2.43. The quantitative estimate of drug-likeness (QED) is 0.607. The van der Waals surface area contributed by atoms with Crippen LogP contribution in [0.4, 0.5) is 14.6 Å². The summed E-state index contributed by atoms with van der Waals surface area (Å²) in [6.07, 6.45) is 7.16. The number of aromatic nitrogens is 5.